The molecule has 1 aromatic heterocycles. The van der Waals surface area contributed by atoms with E-state index in [1.165, 1.54) is 6.20 Å². The number of aryl methyl sites for hydroxylation is 3. The Hall–Kier alpha value is -2.36. The summed E-state index contributed by atoms with van der Waals surface area (Å²) >= 11 is 0. The van der Waals surface area contributed by atoms with E-state index in [4.69, 9.17) is 5.11 Å². The molecule has 4 nitrogen and oxygen atoms in total. The van der Waals surface area contributed by atoms with Gasteiger partial charge >= 0.3 is 5.97 Å². The Bertz CT molecular complexity index is 691. The number of aromatic amines is 1. The van der Waals surface area contributed by atoms with Crippen molar-refractivity contribution in [3.05, 3.63) is 57.0 Å². The van der Waals surface area contributed by atoms with Crippen LogP contribution in [0.2, 0.25) is 0 Å². The molecule has 2 aromatic rings. The zero-order chi connectivity index (χ0) is 14.2. The van der Waals surface area contributed by atoms with Gasteiger partial charge in [0.15, 0.2) is 0 Å². The summed E-state index contributed by atoms with van der Waals surface area (Å²) in [7, 11) is 0. The molecule has 98 valence electrons. The monoisotopic (exact) mass is 257 g/mol. The molecule has 0 saturated carbocycles. The molecule has 1 heterocycles. The van der Waals surface area contributed by atoms with Crippen LogP contribution in [0.1, 0.15) is 27.0 Å². The van der Waals surface area contributed by atoms with Gasteiger partial charge in [-0.05, 0) is 37.5 Å². The summed E-state index contributed by atoms with van der Waals surface area (Å²) < 4.78 is 0. The summed E-state index contributed by atoms with van der Waals surface area (Å²) in [5.74, 6) is -1.22. The number of nitrogens with one attached hydrogen (secondary N) is 1. The number of pyridine rings is 1. The number of carboxylic acids is 1. The van der Waals surface area contributed by atoms with Crippen molar-refractivity contribution in [1.29, 1.82) is 0 Å². The summed E-state index contributed by atoms with van der Waals surface area (Å²) in [5.41, 5.74) is 3.55. The topological polar surface area (TPSA) is 70.2 Å². The minimum absolute atomic E-state index is 0.239. The van der Waals surface area contributed by atoms with Crippen LogP contribution in [0.3, 0.4) is 0 Å². The average Bonchev–Trinajstić information content (AvgIpc) is 2.29. The summed E-state index contributed by atoms with van der Waals surface area (Å²) in [4.78, 5) is 25.9. The molecule has 0 aliphatic carbocycles. The number of aromatic nitrogens is 1. The molecule has 0 fully saturated rings. The molecule has 2 rings (SSSR count). The number of hydrogen-bond donors (Lipinski definition) is 2. The number of benzene rings is 1. The predicted octanol–water partition coefficient (Wildman–Crippen LogP) is 2.67. The highest BCUT2D eigenvalue weighted by Gasteiger charge is 2.15. The van der Waals surface area contributed by atoms with E-state index < -0.39 is 11.4 Å². The lowest BCUT2D eigenvalue weighted by Crippen LogP contribution is -2.17. The van der Waals surface area contributed by atoms with Crippen LogP contribution in [0.15, 0.2) is 29.3 Å². The zero-order valence-corrected chi connectivity index (χ0v) is 11.1. The van der Waals surface area contributed by atoms with Gasteiger partial charge in [0.1, 0.15) is 5.56 Å². The Morgan fingerprint density at radius 3 is 2.21 bits per heavy atom. The first-order valence-electron chi connectivity index (χ1n) is 5.94. The zero-order valence-electron chi connectivity index (χ0n) is 11.1. The van der Waals surface area contributed by atoms with Gasteiger partial charge in [0.25, 0.3) is 0 Å². The van der Waals surface area contributed by atoms with E-state index in [1.54, 1.807) is 6.20 Å². The van der Waals surface area contributed by atoms with Gasteiger partial charge in [-0.2, -0.15) is 0 Å². The largest absolute Gasteiger partial charge is 0.477 e. The Kier molecular flexibility index (Phi) is 3.25. The van der Waals surface area contributed by atoms with E-state index in [9.17, 15) is 9.59 Å². The molecule has 0 bridgehead atoms. The maximum Gasteiger partial charge on any atom is 0.341 e. The molecule has 0 atom stereocenters. The third-order valence-corrected chi connectivity index (χ3v) is 3.12. The third kappa shape index (κ3) is 2.29. The average molecular weight is 257 g/mol. The number of H-pyrrole nitrogens is 1. The van der Waals surface area contributed by atoms with Gasteiger partial charge in [-0.3, -0.25) is 4.79 Å². The third-order valence-electron chi connectivity index (χ3n) is 3.12. The molecule has 0 spiro atoms. The van der Waals surface area contributed by atoms with Crippen molar-refractivity contribution < 1.29 is 9.90 Å². The fraction of sp³-hybridized carbons (Fsp3) is 0.200. The van der Waals surface area contributed by atoms with Crippen LogP contribution in [-0.2, 0) is 0 Å². The van der Waals surface area contributed by atoms with Gasteiger partial charge in [-0.25, -0.2) is 4.79 Å². The second-order valence-electron chi connectivity index (χ2n) is 4.69. The highest BCUT2D eigenvalue weighted by molar-refractivity contribution is 5.89. The molecule has 2 N–H and O–H groups in total. The van der Waals surface area contributed by atoms with Crippen molar-refractivity contribution in [1.82, 2.24) is 4.98 Å². The number of carboxylic acid groups (broad SMARTS) is 1. The lowest BCUT2D eigenvalue weighted by Gasteiger charge is -2.11. The Morgan fingerprint density at radius 2 is 1.68 bits per heavy atom. The van der Waals surface area contributed by atoms with Crippen molar-refractivity contribution in [3.8, 4) is 11.1 Å². The molecule has 4 heteroatoms. The maximum absolute atomic E-state index is 12.2. The van der Waals surface area contributed by atoms with Crippen LogP contribution < -0.4 is 5.43 Å². The van der Waals surface area contributed by atoms with Crippen LogP contribution in [0, 0.1) is 20.8 Å². The summed E-state index contributed by atoms with van der Waals surface area (Å²) in [6.45, 7) is 5.83. The van der Waals surface area contributed by atoms with Gasteiger partial charge in [-0.1, -0.05) is 17.7 Å². The first-order valence-corrected chi connectivity index (χ1v) is 5.94. The fourth-order valence-electron chi connectivity index (χ4n) is 2.43. The van der Waals surface area contributed by atoms with Crippen molar-refractivity contribution in [2.24, 2.45) is 0 Å². The summed E-state index contributed by atoms with van der Waals surface area (Å²) in [6.07, 6.45) is 2.77. The Balaban J connectivity index is 2.77. The molecule has 0 radical (unpaired) electrons. The van der Waals surface area contributed by atoms with Gasteiger partial charge in [0, 0.05) is 18.0 Å². The SMILES string of the molecule is Cc1cc(C)c(-c2c[nH]cc(C(=O)O)c2=O)c(C)c1. The smallest absolute Gasteiger partial charge is 0.341 e. The second kappa shape index (κ2) is 4.72. The quantitative estimate of drug-likeness (QED) is 0.868. The normalized spacial score (nSPS) is 10.5. The van der Waals surface area contributed by atoms with Crippen molar-refractivity contribution >= 4 is 5.97 Å². The lowest BCUT2D eigenvalue weighted by molar-refractivity contribution is 0.0695. The number of carbonyl (C=O) groups is 1. The highest BCUT2D eigenvalue weighted by Crippen LogP contribution is 2.25. The number of aromatic carboxylic acids is 1. The van der Waals surface area contributed by atoms with E-state index in [0.717, 1.165) is 22.3 Å². The minimum Gasteiger partial charge on any atom is -0.477 e. The second-order valence-corrected chi connectivity index (χ2v) is 4.69. The van der Waals surface area contributed by atoms with Crippen LogP contribution in [0.4, 0.5) is 0 Å². The molecular weight excluding hydrogens is 242 g/mol. The standard InChI is InChI=1S/C15H15NO3/c1-8-4-9(2)13(10(3)5-8)11-6-16-7-12(14(11)17)15(18)19/h4-7H,1-3H3,(H,16,17)(H,18,19). The first kappa shape index (κ1) is 13.1. The highest BCUT2D eigenvalue weighted by atomic mass is 16.4. The number of rotatable bonds is 2. The van der Waals surface area contributed by atoms with E-state index >= 15 is 0 Å². The number of hydrogen-bond acceptors (Lipinski definition) is 2. The van der Waals surface area contributed by atoms with Crippen LogP contribution in [0.5, 0.6) is 0 Å². The van der Waals surface area contributed by atoms with Crippen molar-refractivity contribution in [3.63, 3.8) is 0 Å². The molecule has 19 heavy (non-hydrogen) atoms. The van der Waals surface area contributed by atoms with Gasteiger partial charge in [-0.15, -0.1) is 0 Å². The molecule has 0 aliphatic heterocycles. The van der Waals surface area contributed by atoms with Crippen LogP contribution >= 0.6 is 0 Å². The maximum atomic E-state index is 12.2. The molecule has 1 aromatic carbocycles. The summed E-state index contributed by atoms with van der Waals surface area (Å²) in [6, 6.07) is 3.96. The lowest BCUT2D eigenvalue weighted by atomic mass is 9.94. The van der Waals surface area contributed by atoms with Crippen molar-refractivity contribution in [2.75, 3.05) is 0 Å². The Labute approximate surface area is 110 Å². The van der Waals surface area contributed by atoms with E-state index in [2.05, 4.69) is 4.98 Å². The summed E-state index contributed by atoms with van der Waals surface area (Å²) in [5, 5.41) is 9.00. The fourth-order valence-corrected chi connectivity index (χ4v) is 2.43. The molecule has 0 saturated heterocycles. The molecule has 0 amide bonds. The van der Waals surface area contributed by atoms with E-state index in [-0.39, 0.29) is 5.56 Å². The van der Waals surface area contributed by atoms with Gasteiger partial charge in [0.05, 0.1) is 0 Å². The molecule has 0 aliphatic rings. The molecule has 0 unspecified atom stereocenters. The first-order chi connectivity index (χ1) is 8.91. The van der Waals surface area contributed by atoms with Crippen molar-refractivity contribution in [2.45, 2.75) is 20.8 Å². The van der Waals surface area contributed by atoms with Gasteiger partial charge in [0.2, 0.25) is 5.43 Å². The van der Waals surface area contributed by atoms with E-state index in [1.807, 2.05) is 32.9 Å². The van der Waals surface area contributed by atoms with Crippen LogP contribution in [0.25, 0.3) is 11.1 Å². The Morgan fingerprint density at radius 1 is 1.11 bits per heavy atom. The minimum atomic E-state index is -1.22. The van der Waals surface area contributed by atoms with Crippen LogP contribution in [-0.4, -0.2) is 16.1 Å². The molecular formula is C15H15NO3. The van der Waals surface area contributed by atoms with E-state index in [0.29, 0.717) is 5.56 Å². The van der Waals surface area contributed by atoms with Gasteiger partial charge < -0.3 is 10.1 Å². The predicted molar refractivity (Wildman–Crippen MR) is 73.7 cm³/mol.